The quantitative estimate of drug-likeness (QED) is 0.796. The minimum atomic E-state index is -0.773. The van der Waals surface area contributed by atoms with Gasteiger partial charge in [-0.3, -0.25) is 9.59 Å². The molecule has 19 heavy (non-hydrogen) atoms. The number of ether oxygens (including phenoxy) is 1. The number of hydrogen-bond donors (Lipinski definition) is 1. The zero-order valence-electron chi connectivity index (χ0n) is 11.5. The van der Waals surface area contributed by atoms with Crippen molar-refractivity contribution >= 4 is 11.9 Å². The molecule has 2 aliphatic rings. The van der Waals surface area contributed by atoms with Crippen LogP contribution in [0.2, 0.25) is 0 Å². The second kappa shape index (κ2) is 6.92. The molecule has 0 bridgehead atoms. The topological polar surface area (TPSA) is 63.6 Å². The zero-order valence-corrected chi connectivity index (χ0v) is 11.5. The Kier molecular flexibility index (Phi) is 5.23. The predicted octanol–water partition coefficient (Wildman–Crippen LogP) is 3.00. The summed E-state index contributed by atoms with van der Waals surface area (Å²) in [6.45, 7) is 0.535. The van der Waals surface area contributed by atoms with Crippen molar-refractivity contribution in [2.45, 2.75) is 57.8 Å². The maximum Gasteiger partial charge on any atom is 0.308 e. The van der Waals surface area contributed by atoms with Crippen molar-refractivity contribution in [2.24, 2.45) is 17.8 Å². The number of carboxylic acids is 1. The molecule has 4 heteroatoms. The molecule has 0 radical (unpaired) electrons. The molecule has 0 aromatic heterocycles. The van der Waals surface area contributed by atoms with Gasteiger partial charge in [-0.15, -0.1) is 0 Å². The fourth-order valence-electron chi connectivity index (χ4n) is 3.30. The lowest BCUT2D eigenvalue weighted by Gasteiger charge is -2.26. The van der Waals surface area contributed by atoms with E-state index in [1.54, 1.807) is 0 Å². The first kappa shape index (κ1) is 14.4. The van der Waals surface area contributed by atoms with Gasteiger partial charge in [-0.25, -0.2) is 0 Å². The number of rotatable bonds is 4. The molecule has 0 amide bonds. The third-order valence-corrected chi connectivity index (χ3v) is 4.54. The van der Waals surface area contributed by atoms with Crippen LogP contribution in [-0.2, 0) is 14.3 Å². The molecule has 0 spiro atoms. The van der Waals surface area contributed by atoms with E-state index < -0.39 is 5.97 Å². The van der Waals surface area contributed by atoms with Gasteiger partial charge in [0.1, 0.15) is 0 Å². The number of hydrogen-bond acceptors (Lipinski definition) is 3. The Morgan fingerprint density at radius 3 is 2.32 bits per heavy atom. The van der Waals surface area contributed by atoms with Crippen molar-refractivity contribution in [3.63, 3.8) is 0 Å². The van der Waals surface area contributed by atoms with E-state index in [0.717, 1.165) is 25.7 Å². The normalized spacial score (nSPS) is 28.8. The van der Waals surface area contributed by atoms with Gasteiger partial charge in [0.05, 0.1) is 18.4 Å². The molecule has 0 heterocycles. The Morgan fingerprint density at radius 2 is 1.63 bits per heavy atom. The Bertz CT molecular complexity index is 320. The van der Waals surface area contributed by atoms with Crippen molar-refractivity contribution in [1.29, 1.82) is 0 Å². The molecule has 2 aliphatic carbocycles. The maximum absolute atomic E-state index is 12.0. The molecule has 108 valence electrons. The number of carboxylic acid groups (broad SMARTS) is 1. The van der Waals surface area contributed by atoms with Gasteiger partial charge in [0.25, 0.3) is 0 Å². The van der Waals surface area contributed by atoms with Crippen LogP contribution in [0.1, 0.15) is 57.8 Å². The summed E-state index contributed by atoms with van der Waals surface area (Å²) in [5.74, 6) is -0.975. The van der Waals surface area contributed by atoms with Gasteiger partial charge in [0.2, 0.25) is 0 Å². The fraction of sp³-hybridized carbons (Fsp3) is 0.867. The van der Waals surface area contributed by atoms with Gasteiger partial charge in [0, 0.05) is 0 Å². The highest BCUT2D eigenvalue weighted by Crippen LogP contribution is 2.31. The van der Waals surface area contributed by atoms with Crippen molar-refractivity contribution in [1.82, 2.24) is 0 Å². The Labute approximate surface area is 114 Å². The molecule has 2 fully saturated rings. The van der Waals surface area contributed by atoms with Crippen LogP contribution in [0.15, 0.2) is 0 Å². The summed E-state index contributed by atoms with van der Waals surface area (Å²) in [6, 6.07) is 0. The smallest absolute Gasteiger partial charge is 0.308 e. The van der Waals surface area contributed by atoms with Crippen LogP contribution >= 0.6 is 0 Å². The monoisotopic (exact) mass is 268 g/mol. The summed E-state index contributed by atoms with van der Waals surface area (Å²) in [7, 11) is 0. The highest BCUT2D eigenvalue weighted by Gasteiger charge is 2.32. The van der Waals surface area contributed by atoms with Crippen LogP contribution in [0.3, 0.4) is 0 Å². The first-order chi connectivity index (χ1) is 9.16. The van der Waals surface area contributed by atoms with Crippen molar-refractivity contribution in [3.05, 3.63) is 0 Å². The van der Waals surface area contributed by atoms with Gasteiger partial charge in [-0.2, -0.15) is 0 Å². The van der Waals surface area contributed by atoms with Gasteiger partial charge in [-0.05, 0) is 38.0 Å². The van der Waals surface area contributed by atoms with E-state index in [9.17, 15) is 9.59 Å². The molecule has 0 saturated heterocycles. The molecule has 0 aromatic rings. The molecular weight excluding hydrogens is 244 g/mol. The minimum Gasteiger partial charge on any atom is -0.481 e. The van der Waals surface area contributed by atoms with Gasteiger partial charge >= 0.3 is 11.9 Å². The highest BCUT2D eigenvalue weighted by atomic mass is 16.5. The van der Waals surface area contributed by atoms with E-state index >= 15 is 0 Å². The third kappa shape index (κ3) is 4.22. The molecule has 2 saturated carbocycles. The average molecular weight is 268 g/mol. The molecule has 2 unspecified atom stereocenters. The van der Waals surface area contributed by atoms with Crippen LogP contribution in [0, 0.1) is 17.8 Å². The summed E-state index contributed by atoms with van der Waals surface area (Å²) in [6.07, 6.45) is 8.87. The molecule has 1 N–H and O–H groups in total. The van der Waals surface area contributed by atoms with E-state index in [1.165, 1.54) is 19.3 Å². The van der Waals surface area contributed by atoms with Crippen molar-refractivity contribution in [3.8, 4) is 0 Å². The Balaban J connectivity index is 1.74. The van der Waals surface area contributed by atoms with Crippen LogP contribution in [0.25, 0.3) is 0 Å². The van der Waals surface area contributed by atoms with Crippen LogP contribution < -0.4 is 0 Å². The first-order valence-electron chi connectivity index (χ1n) is 7.56. The number of esters is 1. The molecule has 2 rings (SSSR count). The molecule has 2 atom stereocenters. The molecule has 0 aromatic carbocycles. The lowest BCUT2D eigenvalue weighted by Crippen LogP contribution is -2.29. The second-order valence-corrected chi connectivity index (χ2v) is 6.03. The SMILES string of the molecule is O=C(O)C1CCCC(C(=O)OCC2CCCCC2)C1. The van der Waals surface area contributed by atoms with Gasteiger partial charge < -0.3 is 9.84 Å². The van der Waals surface area contributed by atoms with E-state index in [2.05, 4.69) is 0 Å². The third-order valence-electron chi connectivity index (χ3n) is 4.54. The standard InChI is InChI=1S/C15H24O4/c16-14(17)12-7-4-8-13(9-12)15(18)19-10-11-5-2-1-3-6-11/h11-13H,1-10H2,(H,16,17). The summed E-state index contributed by atoms with van der Waals surface area (Å²) >= 11 is 0. The summed E-state index contributed by atoms with van der Waals surface area (Å²) in [4.78, 5) is 23.0. The van der Waals surface area contributed by atoms with Crippen molar-refractivity contribution < 1.29 is 19.4 Å². The van der Waals surface area contributed by atoms with Crippen LogP contribution in [-0.4, -0.2) is 23.7 Å². The second-order valence-electron chi connectivity index (χ2n) is 6.03. The first-order valence-corrected chi connectivity index (χ1v) is 7.56. The Hall–Kier alpha value is -1.06. The number of carbonyl (C=O) groups is 2. The van der Waals surface area contributed by atoms with E-state index in [-0.39, 0.29) is 17.8 Å². The summed E-state index contributed by atoms with van der Waals surface area (Å²) < 4.78 is 5.42. The summed E-state index contributed by atoms with van der Waals surface area (Å²) in [5.41, 5.74) is 0. The number of aliphatic carboxylic acids is 1. The molecule has 0 aliphatic heterocycles. The average Bonchev–Trinajstić information content (AvgIpc) is 2.46. The lowest BCUT2D eigenvalue weighted by molar-refractivity contribution is -0.153. The summed E-state index contributed by atoms with van der Waals surface area (Å²) in [5, 5.41) is 9.02. The minimum absolute atomic E-state index is 0.170. The predicted molar refractivity (Wildman–Crippen MR) is 70.6 cm³/mol. The Morgan fingerprint density at radius 1 is 0.947 bits per heavy atom. The van der Waals surface area contributed by atoms with Crippen LogP contribution in [0.4, 0.5) is 0 Å². The van der Waals surface area contributed by atoms with Crippen LogP contribution in [0.5, 0.6) is 0 Å². The molecule has 4 nitrogen and oxygen atoms in total. The van der Waals surface area contributed by atoms with Crippen molar-refractivity contribution in [2.75, 3.05) is 6.61 Å². The van der Waals surface area contributed by atoms with E-state index in [1.807, 2.05) is 0 Å². The number of carbonyl (C=O) groups excluding carboxylic acids is 1. The molecular formula is C15H24O4. The fourth-order valence-corrected chi connectivity index (χ4v) is 3.30. The van der Waals surface area contributed by atoms with E-state index in [4.69, 9.17) is 9.84 Å². The highest BCUT2D eigenvalue weighted by molar-refractivity contribution is 5.75. The lowest BCUT2D eigenvalue weighted by atomic mass is 9.81. The largest absolute Gasteiger partial charge is 0.481 e. The van der Waals surface area contributed by atoms with E-state index in [0.29, 0.717) is 25.4 Å². The van der Waals surface area contributed by atoms with Gasteiger partial charge in [-0.1, -0.05) is 25.7 Å². The maximum atomic E-state index is 12.0. The van der Waals surface area contributed by atoms with Gasteiger partial charge in [0.15, 0.2) is 0 Å². The zero-order chi connectivity index (χ0) is 13.7.